The fourth-order valence-corrected chi connectivity index (χ4v) is 4.59. The lowest BCUT2D eigenvalue weighted by atomic mass is 9.96. The molecule has 4 nitrogen and oxygen atoms in total. The van der Waals surface area contributed by atoms with Crippen LogP contribution >= 0.6 is 11.6 Å². The molecule has 2 aromatic carbocycles. The summed E-state index contributed by atoms with van der Waals surface area (Å²) in [5.74, 6) is 1.49. The molecule has 2 heterocycles. The molecule has 1 saturated heterocycles. The van der Waals surface area contributed by atoms with Crippen molar-refractivity contribution in [2.75, 3.05) is 19.6 Å². The first-order valence-electron chi connectivity index (χ1n) is 11.4. The van der Waals surface area contributed by atoms with Crippen molar-refractivity contribution in [2.24, 2.45) is 5.41 Å². The molecule has 1 aromatic heterocycles. The molecule has 3 aromatic rings. The number of rotatable bonds is 5. The van der Waals surface area contributed by atoms with Gasteiger partial charge in [0.15, 0.2) is 0 Å². The number of ether oxygens (including phenoxy) is 1. The Morgan fingerprint density at radius 1 is 1.16 bits per heavy atom. The van der Waals surface area contributed by atoms with Crippen LogP contribution in [0.25, 0.3) is 22.1 Å². The molecular weight excluding hydrogens is 422 g/mol. The minimum atomic E-state index is -0.0268. The first-order valence-corrected chi connectivity index (χ1v) is 11.7. The van der Waals surface area contributed by atoms with Crippen LogP contribution in [0.3, 0.4) is 0 Å². The number of benzene rings is 2. The molecule has 170 valence electrons. The van der Waals surface area contributed by atoms with Crippen LogP contribution in [0, 0.1) is 5.41 Å². The lowest BCUT2D eigenvalue weighted by molar-refractivity contribution is 0.177. The Bertz CT molecular complexity index is 1160. The number of fused-ring (bicyclic) bond motifs is 1. The predicted molar refractivity (Wildman–Crippen MR) is 132 cm³/mol. The van der Waals surface area contributed by atoms with E-state index in [2.05, 4.69) is 25.7 Å². The number of likely N-dealkylation sites (tertiary alicyclic amines) is 1. The van der Waals surface area contributed by atoms with Crippen molar-refractivity contribution in [3.8, 4) is 16.9 Å². The van der Waals surface area contributed by atoms with E-state index in [0.717, 1.165) is 37.4 Å². The Morgan fingerprint density at radius 2 is 1.88 bits per heavy atom. The van der Waals surface area contributed by atoms with Crippen LogP contribution in [-0.2, 0) is 0 Å². The summed E-state index contributed by atoms with van der Waals surface area (Å²) in [7, 11) is 0. The molecule has 0 bridgehead atoms. The molecule has 0 spiro atoms. The second-order valence-electron chi connectivity index (χ2n) is 10.3. The molecule has 5 heteroatoms. The molecule has 32 heavy (non-hydrogen) atoms. The third-order valence-electron chi connectivity index (χ3n) is 5.78. The van der Waals surface area contributed by atoms with Gasteiger partial charge in [0.1, 0.15) is 23.2 Å². The van der Waals surface area contributed by atoms with Gasteiger partial charge in [-0.25, -0.2) is 0 Å². The summed E-state index contributed by atoms with van der Waals surface area (Å²) in [4.78, 5) is 15.9. The van der Waals surface area contributed by atoms with Crippen molar-refractivity contribution in [3.05, 3.63) is 63.5 Å². The van der Waals surface area contributed by atoms with Gasteiger partial charge in [-0.3, -0.25) is 9.69 Å². The monoisotopic (exact) mass is 453 g/mol. The maximum absolute atomic E-state index is 13.4. The van der Waals surface area contributed by atoms with Crippen LogP contribution in [0.4, 0.5) is 0 Å². The summed E-state index contributed by atoms with van der Waals surface area (Å²) in [6, 6.07) is 12.9. The van der Waals surface area contributed by atoms with Crippen LogP contribution in [-0.4, -0.2) is 30.6 Å². The van der Waals surface area contributed by atoms with Gasteiger partial charge in [0, 0.05) is 36.6 Å². The van der Waals surface area contributed by atoms with E-state index in [4.69, 9.17) is 20.8 Å². The Kier molecular flexibility index (Phi) is 6.37. The second kappa shape index (κ2) is 8.92. The van der Waals surface area contributed by atoms with Gasteiger partial charge in [0.25, 0.3) is 0 Å². The summed E-state index contributed by atoms with van der Waals surface area (Å²) in [6.45, 7) is 13.9. The van der Waals surface area contributed by atoms with E-state index in [0.29, 0.717) is 27.3 Å². The van der Waals surface area contributed by atoms with Crippen LogP contribution in [0.2, 0.25) is 5.02 Å². The number of halogens is 1. The highest BCUT2D eigenvalue weighted by atomic mass is 35.5. The van der Waals surface area contributed by atoms with Crippen molar-refractivity contribution >= 4 is 22.6 Å². The zero-order valence-corrected chi connectivity index (χ0v) is 20.3. The van der Waals surface area contributed by atoms with E-state index in [-0.39, 0.29) is 22.9 Å². The Labute approximate surface area is 195 Å². The van der Waals surface area contributed by atoms with Crippen molar-refractivity contribution in [2.45, 2.75) is 53.1 Å². The molecule has 0 aliphatic carbocycles. The summed E-state index contributed by atoms with van der Waals surface area (Å²) < 4.78 is 12.6. The second-order valence-corrected chi connectivity index (χ2v) is 10.8. The molecule has 1 atom stereocenters. The third kappa shape index (κ3) is 5.02. The van der Waals surface area contributed by atoms with Gasteiger partial charge in [0.2, 0.25) is 5.43 Å². The standard InChI is InChI=1S/C27H32ClNO3/c1-17(2)26-24(18-6-8-19(28)9-7-18)25(30)22-11-10-20(14-23(22)32-26)31-21-12-13-29(15-21)16-27(3,4)5/h6-11,14,17,21H,12-13,15-16H2,1-5H3/t21-/m0/s1. The molecule has 0 radical (unpaired) electrons. The summed E-state index contributed by atoms with van der Waals surface area (Å²) >= 11 is 6.05. The Balaban J connectivity index is 1.64. The van der Waals surface area contributed by atoms with E-state index in [1.165, 1.54) is 0 Å². The van der Waals surface area contributed by atoms with E-state index in [1.807, 2.05) is 44.2 Å². The highest BCUT2D eigenvalue weighted by Crippen LogP contribution is 2.32. The quantitative estimate of drug-likeness (QED) is 0.429. The smallest absolute Gasteiger partial charge is 0.200 e. The predicted octanol–water partition coefficient (Wildman–Crippen LogP) is 6.74. The molecule has 0 unspecified atom stereocenters. The van der Waals surface area contributed by atoms with Gasteiger partial charge in [-0.2, -0.15) is 0 Å². The topological polar surface area (TPSA) is 42.7 Å². The SMILES string of the molecule is CC(C)c1oc2cc(O[C@H]3CCN(CC(C)(C)C)C3)ccc2c(=O)c1-c1ccc(Cl)cc1. The highest BCUT2D eigenvalue weighted by Gasteiger charge is 2.27. The molecule has 0 amide bonds. The Morgan fingerprint density at radius 3 is 2.53 bits per heavy atom. The van der Waals surface area contributed by atoms with Crippen molar-refractivity contribution in [1.82, 2.24) is 4.90 Å². The summed E-state index contributed by atoms with van der Waals surface area (Å²) in [5, 5.41) is 1.20. The molecule has 4 rings (SSSR count). The van der Waals surface area contributed by atoms with Crippen molar-refractivity contribution in [3.63, 3.8) is 0 Å². The average molecular weight is 454 g/mol. The molecular formula is C27H32ClNO3. The van der Waals surface area contributed by atoms with Gasteiger partial charge in [-0.1, -0.05) is 58.4 Å². The zero-order chi connectivity index (χ0) is 23.0. The van der Waals surface area contributed by atoms with Crippen LogP contribution in [0.5, 0.6) is 5.75 Å². The van der Waals surface area contributed by atoms with E-state index in [9.17, 15) is 4.79 Å². The lowest BCUT2D eigenvalue weighted by Gasteiger charge is -2.26. The Hall–Kier alpha value is -2.30. The summed E-state index contributed by atoms with van der Waals surface area (Å²) in [5.41, 5.74) is 2.24. The summed E-state index contributed by atoms with van der Waals surface area (Å²) in [6.07, 6.45) is 1.16. The molecule has 0 saturated carbocycles. The number of hydrogen-bond donors (Lipinski definition) is 0. The fourth-order valence-electron chi connectivity index (χ4n) is 4.46. The van der Waals surface area contributed by atoms with Gasteiger partial charge < -0.3 is 9.15 Å². The first kappa shape index (κ1) is 22.9. The maximum atomic E-state index is 13.4. The van der Waals surface area contributed by atoms with Gasteiger partial charge in [-0.15, -0.1) is 0 Å². The normalized spacial score (nSPS) is 17.4. The lowest BCUT2D eigenvalue weighted by Crippen LogP contribution is -2.32. The molecule has 1 aliphatic heterocycles. The van der Waals surface area contributed by atoms with E-state index >= 15 is 0 Å². The van der Waals surface area contributed by atoms with E-state index < -0.39 is 0 Å². The van der Waals surface area contributed by atoms with Gasteiger partial charge in [-0.05, 0) is 41.7 Å². The molecule has 1 fully saturated rings. The minimum Gasteiger partial charge on any atom is -0.489 e. The first-order chi connectivity index (χ1) is 15.1. The van der Waals surface area contributed by atoms with Crippen LogP contribution in [0.15, 0.2) is 51.7 Å². The van der Waals surface area contributed by atoms with Crippen molar-refractivity contribution in [1.29, 1.82) is 0 Å². The largest absolute Gasteiger partial charge is 0.489 e. The minimum absolute atomic E-state index is 0.0268. The fraction of sp³-hybridized carbons (Fsp3) is 0.444. The van der Waals surface area contributed by atoms with Crippen LogP contribution in [0.1, 0.15) is 52.7 Å². The molecule has 1 aliphatic rings. The zero-order valence-electron chi connectivity index (χ0n) is 19.6. The van der Waals surface area contributed by atoms with E-state index in [1.54, 1.807) is 12.1 Å². The van der Waals surface area contributed by atoms with Crippen molar-refractivity contribution < 1.29 is 9.15 Å². The third-order valence-corrected chi connectivity index (χ3v) is 6.03. The average Bonchev–Trinajstić information content (AvgIpc) is 3.13. The highest BCUT2D eigenvalue weighted by molar-refractivity contribution is 6.30. The van der Waals surface area contributed by atoms with Crippen LogP contribution < -0.4 is 10.2 Å². The number of hydrogen-bond acceptors (Lipinski definition) is 4. The van der Waals surface area contributed by atoms with Gasteiger partial charge >= 0.3 is 0 Å². The number of nitrogens with zero attached hydrogens (tertiary/aromatic N) is 1. The molecule has 0 N–H and O–H groups in total. The maximum Gasteiger partial charge on any atom is 0.200 e. The van der Waals surface area contributed by atoms with Gasteiger partial charge in [0.05, 0.1) is 10.9 Å².